The predicted octanol–water partition coefficient (Wildman–Crippen LogP) is 3.09. The van der Waals surface area contributed by atoms with E-state index in [1.165, 1.54) is 0 Å². The number of alkyl halides is 6. The zero-order valence-corrected chi connectivity index (χ0v) is 9.32. The second kappa shape index (κ2) is 4.63. The summed E-state index contributed by atoms with van der Waals surface area (Å²) in [7, 11) is 0.802. The van der Waals surface area contributed by atoms with E-state index in [4.69, 9.17) is 5.73 Å². The Bertz CT molecular complexity index is 506. The van der Waals surface area contributed by atoms with E-state index in [0.29, 0.717) is 6.07 Å². The van der Waals surface area contributed by atoms with Crippen LogP contribution in [0, 0.1) is 0 Å². The number of benzene rings is 1. The number of rotatable bonds is 1. The summed E-state index contributed by atoms with van der Waals surface area (Å²) in [6.07, 6.45) is -10.2. The topological polar surface area (TPSA) is 52.3 Å². The van der Waals surface area contributed by atoms with Gasteiger partial charge < -0.3 is 10.5 Å². The Morgan fingerprint density at radius 1 is 1.05 bits per heavy atom. The maximum atomic E-state index is 12.6. The van der Waals surface area contributed by atoms with E-state index in [9.17, 15) is 31.1 Å². The van der Waals surface area contributed by atoms with Crippen LogP contribution in [0.4, 0.5) is 32.0 Å². The van der Waals surface area contributed by atoms with Gasteiger partial charge in [-0.25, -0.2) is 4.79 Å². The number of methoxy groups -OCH3 is 1. The molecule has 0 atom stereocenters. The smallest absolute Gasteiger partial charge is 0.418 e. The van der Waals surface area contributed by atoms with E-state index >= 15 is 0 Å². The molecule has 0 aliphatic carbocycles. The van der Waals surface area contributed by atoms with Gasteiger partial charge in [-0.1, -0.05) is 0 Å². The summed E-state index contributed by atoms with van der Waals surface area (Å²) in [6.45, 7) is 0. The molecule has 0 saturated carbocycles. The molecule has 1 aromatic carbocycles. The van der Waals surface area contributed by atoms with Crippen molar-refractivity contribution in [3.8, 4) is 0 Å². The zero-order valence-electron chi connectivity index (χ0n) is 9.32. The molecule has 106 valence electrons. The summed E-state index contributed by atoms with van der Waals surface area (Å²) in [5, 5.41) is 0. The van der Waals surface area contributed by atoms with Crippen molar-refractivity contribution in [2.45, 2.75) is 12.4 Å². The molecule has 1 aromatic rings. The Kier molecular flexibility index (Phi) is 3.69. The molecule has 19 heavy (non-hydrogen) atoms. The maximum Gasteiger partial charge on any atom is 0.418 e. The molecule has 0 unspecified atom stereocenters. The molecule has 2 N–H and O–H groups in total. The predicted molar refractivity (Wildman–Crippen MR) is 52.2 cm³/mol. The molecule has 3 nitrogen and oxygen atoms in total. The van der Waals surface area contributed by atoms with Crippen molar-refractivity contribution < 1.29 is 35.9 Å². The number of ether oxygens (including phenoxy) is 1. The van der Waals surface area contributed by atoms with Gasteiger partial charge in [-0.15, -0.1) is 0 Å². The van der Waals surface area contributed by atoms with Crippen LogP contribution in [-0.2, 0) is 17.1 Å². The fourth-order valence-corrected chi connectivity index (χ4v) is 1.38. The van der Waals surface area contributed by atoms with Crippen LogP contribution in [0.25, 0.3) is 0 Å². The van der Waals surface area contributed by atoms with E-state index in [2.05, 4.69) is 4.74 Å². The van der Waals surface area contributed by atoms with E-state index in [1.54, 1.807) is 0 Å². The summed E-state index contributed by atoms with van der Waals surface area (Å²) < 4.78 is 79.4. The zero-order chi connectivity index (χ0) is 15.0. The highest BCUT2D eigenvalue weighted by Gasteiger charge is 2.41. The van der Waals surface area contributed by atoms with E-state index in [-0.39, 0.29) is 6.07 Å². The van der Waals surface area contributed by atoms with Crippen molar-refractivity contribution in [3.63, 3.8) is 0 Å². The Hall–Kier alpha value is -1.93. The second-order valence-corrected chi connectivity index (χ2v) is 3.47. The number of esters is 1. The number of carbonyl (C=O) groups excluding carboxylic acids is 1. The van der Waals surface area contributed by atoms with Gasteiger partial charge in [0.15, 0.2) is 0 Å². The Labute approximate surface area is 102 Å². The fourth-order valence-electron chi connectivity index (χ4n) is 1.38. The minimum atomic E-state index is -5.14. The van der Waals surface area contributed by atoms with Gasteiger partial charge in [-0.3, -0.25) is 0 Å². The Morgan fingerprint density at radius 3 is 1.89 bits per heavy atom. The van der Waals surface area contributed by atoms with Gasteiger partial charge in [0, 0.05) is 5.69 Å². The number of nitrogen functional groups attached to an aromatic ring is 1. The van der Waals surface area contributed by atoms with Crippen molar-refractivity contribution in [2.75, 3.05) is 12.8 Å². The first-order valence-electron chi connectivity index (χ1n) is 4.64. The summed E-state index contributed by atoms with van der Waals surface area (Å²) >= 11 is 0. The largest absolute Gasteiger partial charge is 0.465 e. The highest BCUT2D eigenvalue weighted by molar-refractivity contribution is 5.92. The quantitative estimate of drug-likeness (QED) is 0.490. The van der Waals surface area contributed by atoms with Crippen LogP contribution in [-0.4, -0.2) is 13.1 Å². The average molecular weight is 287 g/mol. The van der Waals surface area contributed by atoms with Crippen molar-refractivity contribution in [1.82, 2.24) is 0 Å². The molecule has 0 fully saturated rings. The lowest BCUT2D eigenvalue weighted by Crippen LogP contribution is -2.18. The van der Waals surface area contributed by atoms with Crippen LogP contribution >= 0.6 is 0 Å². The SMILES string of the molecule is COC(=O)c1cc(N)c(C(F)(F)F)cc1C(F)(F)F. The van der Waals surface area contributed by atoms with Crippen LogP contribution in [0.5, 0.6) is 0 Å². The number of hydrogen-bond acceptors (Lipinski definition) is 3. The van der Waals surface area contributed by atoms with Gasteiger partial charge in [0.2, 0.25) is 0 Å². The number of carbonyl (C=O) groups is 1. The molecule has 1 rings (SSSR count). The lowest BCUT2D eigenvalue weighted by Gasteiger charge is -2.16. The highest BCUT2D eigenvalue weighted by atomic mass is 19.4. The summed E-state index contributed by atoms with van der Waals surface area (Å²) in [4.78, 5) is 11.1. The van der Waals surface area contributed by atoms with Crippen molar-refractivity contribution in [2.24, 2.45) is 0 Å². The Morgan fingerprint density at radius 2 is 1.53 bits per heavy atom. The first-order valence-corrected chi connectivity index (χ1v) is 4.64. The lowest BCUT2D eigenvalue weighted by atomic mass is 10.0. The lowest BCUT2D eigenvalue weighted by molar-refractivity contribution is -0.143. The average Bonchev–Trinajstić information content (AvgIpc) is 2.24. The molecule has 0 aromatic heterocycles. The number of hydrogen-bond donors (Lipinski definition) is 1. The molecule has 0 bridgehead atoms. The maximum absolute atomic E-state index is 12.6. The van der Waals surface area contributed by atoms with Gasteiger partial charge in [0.05, 0.1) is 23.8 Å². The number of halogens is 6. The highest BCUT2D eigenvalue weighted by Crippen LogP contribution is 2.40. The number of nitrogens with two attached hydrogens (primary N) is 1. The molecule has 0 spiro atoms. The van der Waals surface area contributed by atoms with Crippen LogP contribution < -0.4 is 5.73 Å². The minimum Gasteiger partial charge on any atom is -0.465 e. The Balaban J connectivity index is 3.60. The third-order valence-electron chi connectivity index (χ3n) is 2.21. The van der Waals surface area contributed by atoms with E-state index in [1.807, 2.05) is 0 Å². The van der Waals surface area contributed by atoms with Gasteiger partial charge in [-0.2, -0.15) is 26.3 Å². The van der Waals surface area contributed by atoms with E-state index in [0.717, 1.165) is 7.11 Å². The first kappa shape index (κ1) is 15.1. The monoisotopic (exact) mass is 287 g/mol. The molecule has 0 aliphatic heterocycles. The van der Waals surface area contributed by atoms with Crippen LogP contribution in [0.2, 0.25) is 0 Å². The van der Waals surface area contributed by atoms with Gasteiger partial charge >= 0.3 is 18.3 Å². The molecular formula is C10H7F6NO2. The van der Waals surface area contributed by atoms with Crippen LogP contribution in [0.3, 0.4) is 0 Å². The molecule has 0 radical (unpaired) electrons. The molecular weight excluding hydrogens is 280 g/mol. The molecule has 0 amide bonds. The summed E-state index contributed by atoms with van der Waals surface area (Å²) in [6, 6.07) is 0.0963. The third kappa shape index (κ3) is 3.09. The van der Waals surface area contributed by atoms with Crippen molar-refractivity contribution in [3.05, 3.63) is 28.8 Å². The van der Waals surface area contributed by atoms with Crippen molar-refractivity contribution >= 4 is 11.7 Å². The fraction of sp³-hybridized carbons (Fsp3) is 0.300. The second-order valence-electron chi connectivity index (χ2n) is 3.47. The first-order chi connectivity index (χ1) is 8.48. The molecule has 0 saturated heterocycles. The van der Waals surface area contributed by atoms with Gasteiger partial charge in [-0.05, 0) is 12.1 Å². The minimum absolute atomic E-state index is 0.207. The molecule has 0 heterocycles. The summed E-state index contributed by atoms with van der Waals surface area (Å²) in [5.74, 6) is -1.42. The van der Waals surface area contributed by atoms with Gasteiger partial charge in [0.25, 0.3) is 0 Å². The number of anilines is 1. The third-order valence-corrected chi connectivity index (χ3v) is 2.21. The van der Waals surface area contributed by atoms with E-state index < -0.39 is 40.7 Å². The molecule has 9 heteroatoms. The van der Waals surface area contributed by atoms with Gasteiger partial charge in [0.1, 0.15) is 0 Å². The van der Waals surface area contributed by atoms with Crippen LogP contribution in [0.15, 0.2) is 12.1 Å². The molecule has 0 aliphatic rings. The summed E-state index contributed by atoms with van der Waals surface area (Å²) in [5.41, 5.74) is -0.446. The van der Waals surface area contributed by atoms with Crippen molar-refractivity contribution in [1.29, 1.82) is 0 Å². The normalized spacial score (nSPS) is 12.4. The van der Waals surface area contributed by atoms with Crippen LogP contribution in [0.1, 0.15) is 21.5 Å². The standard InChI is InChI=1S/C10H7F6NO2/c1-19-8(18)4-2-7(17)6(10(14,15)16)3-5(4)9(11,12)13/h2-3H,17H2,1H3.